The van der Waals surface area contributed by atoms with Crippen molar-refractivity contribution in [2.24, 2.45) is 0 Å². The molecule has 0 atom stereocenters. The number of amides is 1. The number of nitrogens with one attached hydrogen (secondary N) is 1. The fourth-order valence-electron chi connectivity index (χ4n) is 1.75. The zero-order valence-corrected chi connectivity index (χ0v) is 10.9. The summed E-state index contributed by atoms with van der Waals surface area (Å²) in [4.78, 5) is 18.2. The minimum Gasteiger partial charge on any atom is -0.385 e. The van der Waals surface area contributed by atoms with Gasteiger partial charge in [-0.05, 0) is 26.3 Å². The summed E-state index contributed by atoms with van der Waals surface area (Å²) in [7, 11) is 0. The number of hydrogen-bond donors (Lipinski definition) is 1. The second kappa shape index (κ2) is 6.89. The smallest absolute Gasteiger partial charge is 0.257 e. The summed E-state index contributed by atoms with van der Waals surface area (Å²) in [6.45, 7) is 8.40. The molecule has 1 aromatic heterocycles. The Morgan fingerprint density at radius 3 is 2.76 bits per heavy atom. The highest BCUT2D eigenvalue weighted by Crippen LogP contribution is 2.15. The van der Waals surface area contributed by atoms with Gasteiger partial charge >= 0.3 is 0 Å². The average molecular weight is 235 g/mol. The summed E-state index contributed by atoms with van der Waals surface area (Å²) < 4.78 is 0. The predicted octanol–water partition coefficient (Wildman–Crippen LogP) is 2.39. The average Bonchev–Trinajstić information content (AvgIpc) is 2.36. The molecule has 0 unspecified atom stereocenters. The van der Waals surface area contributed by atoms with Crippen molar-refractivity contribution < 1.29 is 4.79 Å². The Bertz CT molecular complexity index is 365. The van der Waals surface area contributed by atoms with Crippen LogP contribution in [0.2, 0.25) is 0 Å². The first-order valence-electron chi connectivity index (χ1n) is 6.21. The number of carbonyl (C=O) groups is 1. The van der Waals surface area contributed by atoms with Gasteiger partial charge in [0, 0.05) is 32.0 Å². The Labute approximate surface area is 103 Å². The third kappa shape index (κ3) is 3.44. The quantitative estimate of drug-likeness (QED) is 0.823. The van der Waals surface area contributed by atoms with Crippen molar-refractivity contribution in [2.75, 3.05) is 25.0 Å². The maximum atomic E-state index is 12.3. The molecule has 0 aliphatic carbocycles. The van der Waals surface area contributed by atoms with Crippen LogP contribution in [0.15, 0.2) is 18.5 Å². The molecule has 0 saturated carbocycles. The normalized spacial score (nSPS) is 10.1. The van der Waals surface area contributed by atoms with Crippen molar-refractivity contribution >= 4 is 11.6 Å². The molecule has 4 nitrogen and oxygen atoms in total. The van der Waals surface area contributed by atoms with Crippen LogP contribution in [-0.2, 0) is 0 Å². The number of carbonyl (C=O) groups excluding carboxylic acids is 1. The number of rotatable bonds is 6. The molecule has 4 heteroatoms. The van der Waals surface area contributed by atoms with Gasteiger partial charge in [-0.15, -0.1) is 0 Å². The van der Waals surface area contributed by atoms with E-state index in [9.17, 15) is 4.79 Å². The topological polar surface area (TPSA) is 45.2 Å². The van der Waals surface area contributed by atoms with E-state index in [-0.39, 0.29) is 5.91 Å². The number of nitrogens with zero attached hydrogens (tertiary/aromatic N) is 2. The molecule has 0 aliphatic rings. The number of aromatic nitrogens is 1. The molecule has 0 aliphatic heterocycles. The largest absolute Gasteiger partial charge is 0.385 e. The summed E-state index contributed by atoms with van der Waals surface area (Å²) in [6.07, 6.45) is 4.31. The highest BCUT2D eigenvalue weighted by Gasteiger charge is 2.16. The van der Waals surface area contributed by atoms with Crippen molar-refractivity contribution in [2.45, 2.75) is 27.2 Å². The van der Waals surface area contributed by atoms with E-state index in [1.807, 2.05) is 24.8 Å². The van der Waals surface area contributed by atoms with Gasteiger partial charge < -0.3 is 10.2 Å². The van der Waals surface area contributed by atoms with Crippen molar-refractivity contribution in [1.82, 2.24) is 9.88 Å². The van der Waals surface area contributed by atoms with Crippen molar-refractivity contribution in [1.29, 1.82) is 0 Å². The highest BCUT2D eigenvalue weighted by molar-refractivity contribution is 5.99. The fraction of sp³-hybridized carbons (Fsp3) is 0.538. The molecule has 0 aromatic carbocycles. The van der Waals surface area contributed by atoms with Gasteiger partial charge in [0.15, 0.2) is 0 Å². The lowest BCUT2D eigenvalue weighted by Gasteiger charge is -2.21. The van der Waals surface area contributed by atoms with E-state index in [2.05, 4.69) is 17.2 Å². The zero-order chi connectivity index (χ0) is 12.7. The lowest BCUT2D eigenvalue weighted by molar-refractivity contribution is 0.0765. The van der Waals surface area contributed by atoms with Gasteiger partial charge in [0.05, 0.1) is 11.3 Å². The first-order valence-corrected chi connectivity index (χ1v) is 6.21. The Hall–Kier alpha value is -1.58. The van der Waals surface area contributed by atoms with Crippen LogP contribution in [0.4, 0.5) is 5.69 Å². The molecule has 1 aromatic rings. The summed E-state index contributed by atoms with van der Waals surface area (Å²) in [5.41, 5.74) is 1.52. The van der Waals surface area contributed by atoms with Crippen LogP contribution in [0.5, 0.6) is 0 Å². The van der Waals surface area contributed by atoms with E-state index in [1.165, 1.54) is 0 Å². The molecule has 0 spiro atoms. The summed E-state index contributed by atoms with van der Waals surface area (Å²) in [5.74, 6) is 0.0541. The van der Waals surface area contributed by atoms with Crippen LogP contribution >= 0.6 is 0 Å². The van der Waals surface area contributed by atoms with E-state index < -0.39 is 0 Å². The molecule has 0 fully saturated rings. The number of anilines is 1. The van der Waals surface area contributed by atoms with Crippen molar-refractivity contribution in [3.63, 3.8) is 0 Å². The molecule has 1 heterocycles. The Kier molecular flexibility index (Phi) is 5.46. The summed E-state index contributed by atoms with van der Waals surface area (Å²) >= 11 is 0. The number of pyridine rings is 1. The van der Waals surface area contributed by atoms with Gasteiger partial charge in [0.1, 0.15) is 0 Å². The lowest BCUT2D eigenvalue weighted by Crippen LogP contribution is -2.32. The maximum absolute atomic E-state index is 12.3. The van der Waals surface area contributed by atoms with Crippen molar-refractivity contribution in [3.8, 4) is 0 Å². The van der Waals surface area contributed by atoms with E-state index in [0.29, 0.717) is 5.56 Å². The molecule has 1 amide bonds. The molecule has 1 N–H and O–H groups in total. The van der Waals surface area contributed by atoms with E-state index in [1.54, 1.807) is 12.4 Å². The number of hydrogen-bond acceptors (Lipinski definition) is 3. The van der Waals surface area contributed by atoms with Crippen LogP contribution in [0.1, 0.15) is 37.6 Å². The molecule has 0 bridgehead atoms. The molecule has 17 heavy (non-hydrogen) atoms. The van der Waals surface area contributed by atoms with Gasteiger partial charge in [0.25, 0.3) is 5.91 Å². The zero-order valence-electron chi connectivity index (χ0n) is 10.9. The van der Waals surface area contributed by atoms with Crippen LogP contribution in [0.25, 0.3) is 0 Å². The fourth-order valence-corrected chi connectivity index (χ4v) is 1.75. The molecular formula is C13H21N3O. The standard InChI is InChI=1S/C13H21N3O/c1-4-9-16(6-3)13(17)11-10-14-8-7-12(11)15-5-2/h7-8,10H,4-6,9H2,1-3H3,(H,14,15). The minimum absolute atomic E-state index is 0.0541. The van der Waals surface area contributed by atoms with Gasteiger partial charge in [-0.1, -0.05) is 6.92 Å². The second-order valence-corrected chi connectivity index (χ2v) is 3.84. The van der Waals surface area contributed by atoms with Crippen LogP contribution in [0, 0.1) is 0 Å². The van der Waals surface area contributed by atoms with Gasteiger partial charge in [-0.3, -0.25) is 9.78 Å². The van der Waals surface area contributed by atoms with Crippen LogP contribution in [-0.4, -0.2) is 35.4 Å². The van der Waals surface area contributed by atoms with Crippen LogP contribution < -0.4 is 5.32 Å². The third-order valence-electron chi connectivity index (χ3n) is 2.58. The summed E-state index contributed by atoms with van der Waals surface area (Å²) in [6, 6.07) is 1.84. The van der Waals surface area contributed by atoms with Crippen LogP contribution in [0.3, 0.4) is 0 Å². The first-order chi connectivity index (χ1) is 8.24. The Balaban J connectivity index is 2.93. The summed E-state index contributed by atoms with van der Waals surface area (Å²) in [5, 5.41) is 3.19. The lowest BCUT2D eigenvalue weighted by atomic mass is 10.2. The molecule has 0 saturated heterocycles. The molecular weight excluding hydrogens is 214 g/mol. The van der Waals surface area contributed by atoms with E-state index in [0.717, 1.165) is 31.7 Å². The molecule has 1 rings (SSSR count). The SMILES string of the molecule is CCCN(CC)C(=O)c1cnccc1NCC. The van der Waals surface area contributed by atoms with Gasteiger partial charge in [-0.2, -0.15) is 0 Å². The Morgan fingerprint density at radius 1 is 1.41 bits per heavy atom. The third-order valence-corrected chi connectivity index (χ3v) is 2.58. The van der Waals surface area contributed by atoms with Gasteiger partial charge in [-0.25, -0.2) is 0 Å². The maximum Gasteiger partial charge on any atom is 0.257 e. The monoisotopic (exact) mass is 235 g/mol. The first kappa shape index (κ1) is 13.5. The molecule has 94 valence electrons. The van der Waals surface area contributed by atoms with Crippen molar-refractivity contribution in [3.05, 3.63) is 24.0 Å². The highest BCUT2D eigenvalue weighted by atomic mass is 16.2. The minimum atomic E-state index is 0.0541. The van der Waals surface area contributed by atoms with E-state index >= 15 is 0 Å². The predicted molar refractivity (Wildman–Crippen MR) is 70.3 cm³/mol. The molecule has 0 radical (unpaired) electrons. The van der Waals surface area contributed by atoms with E-state index in [4.69, 9.17) is 0 Å². The Morgan fingerprint density at radius 2 is 2.18 bits per heavy atom. The van der Waals surface area contributed by atoms with Gasteiger partial charge in [0.2, 0.25) is 0 Å². The second-order valence-electron chi connectivity index (χ2n) is 3.84.